The van der Waals surface area contributed by atoms with E-state index in [0.29, 0.717) is 0 Å². The van der Waals surface area contributed by atoms with Crippen molar-refractivity contribution >= 4 is 12.3 Å². The van der Waals surface area contributed by atoms with Crippen LogP contribution in [0.15, 0.2) is 12.7 Å². The van der Waals surface area contributed by atoms with Gasteiger partial charge in [-0.15, -0.1) is 0 Å². The monoisotopic (exact) mass is 170 g/mol. The van der Waals surface area contributed by atoms with E-state index in [0.717, 1.165) is 12.4 Å². The predicted molar refractivity (Wildman–Crippen MR) is 45.6 cm³/mol. The van der Waals surface area contributed by atoms with Crippen molar-refractivity contribution < 1.29 is 14.3 Å². The first-order valence-electron chi connectivity index (χ1n) is 3.73. The normalized spacial score (nSPS) is 13.2. The van der Waals surface area contributed by atoms with Gasteiger partial charge in [-0.3, -0.25) is 0 Å². The standard InChI is InChI=1S/C9H14O3/c1-5-8(11)12-7(2)9(3,4)6-10/h5-7H,1H2,2-4H3. The van der Waals surface area contributed by atoms with E-state index in [1.54, 1.807) is 20.8 Å². The first kappa shape index (κ1) is 10.9. The molecule has 0 saturated carbocycles. The summed E-state index contributed by atoms with van der Waals surface area (Å²) in [6.07, 6.45) is 1.42. The molecule has 3 nitrogen and oxygen atoms in total. The van der Waals surface area contributed by atoms with Gasteiger partial charge in [-0.05, 0) is 20.8 Å². The largest absolute Gasteiger partial charge is 0.458 e. The third kappa shape index (κ3) is 2.86. The zero-order valence-corrected chi connectivity index (χ0v) is 7.66. The lowest BCUT2D eigenvalue weighted by molar-refractivity contribution is -0.149. The lowest BCUT2D eigenvalue weighted by Gasteiger charge is -2.24. The van der Waals surface area contributed by atoms with Crippen LogP contribution in [-0.2, 0) is 14.3 Å². The molecule has 0 amide bonds. The zero-order valence-electron chi connectivity index (χ0n) is 7.66. The molecule has 68 valence electrons. The first-order chi connectivity index (χ1) is 5.44. The topological polar surface area (TPSA) is 43.4 Å². The van der Waals surface area contributed by atoms with Gasteiger partial charge in [0.2, 0.25) is 0 Å². The van der Waals surface area contributed by atoms with Gasteiger partial charge >= 0.3 is 5.97 Å². The van der Waals surface area contributed by atoms with Crippen LogP contribution >= 0.6 is 0 Å². The summed E-state index contributed by atoms with van der Waals surface area (Å²) < 4.78 is 4.87. The van der Waals surface area contributed by atoms with Crippen molar-refractivity contribution in [1.82, 2.24) is 0 Å². The number of aldehydes is 1. The highest BCUT2D eigenvalue weighted by atomic mass is 16.5. The fraction of sp³-hybridized carbons (Fsp3) is 0.556. The van der Waals surface area contributed by atoms with Gasteiger partial charge in [0.05, 0.1) is 5.41 Å². The summed E-state index contributed by atoms with van der Waals surface area (Å²) in [7, 11) is 0. The van der Waals surface area contributed by atoms with Crippen LogP contribution in [0.25, 0.3) is 0 Å². The molecule has 0 heterocycles. The summed E-state index contributed by atoms with van der Waals surface area (Å²) in [6.45, 7) is 8.35. The molecule has 0 aromatic rings. The van der Waals surface area contributed by atoms with Gasteiger partial charge in [0, 0.05) is 6.08 Å². The first-order valence-corrected chi connectivity index (χ1v) is 3.73. The minimum Gasteiger partial charge on any atom is -0.458 e. The van der Waals surface area contributed by atoms with Crippen molar-refractivity contribution in [3.8, 4) is 0 Å². The smallest absolute Gasteiger partial charge is 0.330 e. The minimum absolute atomic E-state index is 0.430. The number of carbonyl (C=O) groups excluding carboxylic acids is 2. The molecule has 0 spiro atoms. The van der Waals surface area contributed by atoms with E-state index < -0.39 is 17.5 Å². The van der Waals surface area contributed by atoms with Crippen molar-refractivity contribution in [1.29, 1.82) is 0 Å². The minimum atomic E-state index is -0.640. The van der Waals surface area contributed by atoms with Gasteiger partial charge in [0.25, 0.3) is 0 Å². The molecule has 1 atom stereocenters. The molecule has 12 heavy (non-hydrogen) atoms. The van der Waals surface area contributed by atoms with Crippen LogP contribution in [-0.4, -0.2) is 18.4 Å². The third-order valence-corrected chi connectivity index (χ3v) is 1.81. The molecule has 3 heteroatoms. The van der Waals surface area contributed by atoms with Crippen molar-refractivity contribution in [3.63, 3.8) is 0 Å². The molecule has 0 aromatic heterocycles. The van der Waals surface area contributed by atoms with Crippen molar-refractivity contribution in [3.05, 3.63) is 12.7 Å². The fourth-order valence-corrected chi connectivity index (χ4v) is 0.470. The molecule has 0 N–H and O–H groups in total. The zero-order chi connectivity index (χ0) is 9.78. The molecule has 0 rings (SSSR count). The molecule has 0 fully saturated rings. The van der Waals surface area contributed by atoms with Crippen LogP contribution < -0.4 is 0 Å². The summed E-state index contributed by atoms with van der Waals surface area (Å²) in [5.74, 6) is -0.502. The highest BCUT2D eigenvalue weighted by Crippen LogP contribution is 2.19. The van der Waals surface area contributed by atoms with E-state index in [1.807, 2.05) is 0 Å². The van der Waals surface area contributed by atoms with Crippen LogP contribution in [0, 0.1) is 5.41 Å². The summed E-state index contributed by atoms with van der Waals surface area (Å²) >= 11 is 0. The number of carbonyl (C=O) groups is 2. The maximum Gasteiger partial charge on any atom is 0.330 e. The third-order valence-electron chi connectivity index (χ3n) is 1.81. The predicted octanol–water partition coefficient (Wildman–Crippen LogP) is 1.33. The molecule has 0 aromatic carbocycles. The van der Waals surface area contributed by atoms with Gasteiger partial charge in [-0.25, -0.2) is 4.79 Å². The second-order valence-corrected chi connectivity index (χ2v) is 3.22. The van der Waals surface area contributed by atoms with E-state index >= 15 is 0 Å². The highest BCUT2D eigenvalue weighted by molar-refractivity contribution is 5.81. The van der Waals surface area contributed by atoms with Crippen molar-refractivity contribution in [2.75, 3.05) is 0 Å². The van der Waals surface area contributed by atoms with Gasteiger partial charge in [0.1, 0.15) is 12.4 Å². The fourth-order valence-electron chi connectivity index (χ4n) is 0.470. The lowest BCUT2D eigenvalue weighted by atomic mass is 9.89. The van der Waals surface area contributed by atoms with Crippen molar-refractivity contribution in [2.45, 2.75) is 26.9 Å². The lowest BCUT2D eigenvalue weighted by Crippen LogP contribution is -2.32. The van der Waals surface area contributed by atoms with Crippen molar-refractivity contribution in [2.24, 2.45) is 5.41 Å². The van der Waals surface area contributed by atoms with E-state index in [-0.39, 0.29) is 0 Å². The van der Waals surface area contributed by atoms with E-state index in [1.165, 1.54) is 0 Å². The number of esters is 1. The number of hydrogen-bond donors (Lipinski definition) is 0. The van der Waals surface area contributed by atoms with E-state index in [4.69, 9.17) is 4.74 Å². The molecular weight excluding hydrogens is 156 g/mol. The van der Waals surface area contributed by atoms with Gasteiger partial charge in [-0.2, -0.15) is 0 Å². The number of ether oxygens (including phenoxy) is 1. The molecule has 0 bridgehead atoms. The molecule has 1 unspecified atom stereocenters. The van der Waals surface area contributed by atoms with Gasteiger partial charge in [-0.1, -0.05) is 6.58 Å². The molecule has 0 aliphatic rings. The Labute approximate surface area is 72.4 Å². The highest BCUT2D eigenvalue weighted by Gasteiger charge is 2.27. The number of rotatable bonds is 4. The Kier molecular flexibility index (Phi) is 3.67. The van der Waals surface area contributed by atoms with Gasteiger partial charge < -0.3 is 9.53 Å². The average molecular weight is 170 g/mol. The SMILES string of the molecule is C=CC(=O)OC(C)C(C)(C)C=O. The van der Waals surface area contributed by atoms with E-state index in [9.17, 15) is 9.59 Å². The summed E-state index contributed by atoms with van der Waals surface area (Å²) in [6, 6.07) is 0. The molecule has 0 radical (unpaired) electrons. The summed E-state index contributed by atoms with van der Waals surface area (Å²) in [5.41, 5.74) is -0.640. The van der Waals surface area contributed by atoms with Crippen LogP contribution in [0.4, 0.5) is 0 Å². The Morgan fingerprint density at radius 3 is 2.42 bits per heavy atom. The quantitative estimate of drug-likeness (QED) is 0.363. The molecule has 0 aliphatic heterocycles. The Morgan fingerprint density at radius 2 is 2.08 bits per heavy atom. The average Bonchev–Trinajstić information content (AvgIpc) is 2.04. The Bertz CT molecular complexity index is 194. The molecule has 0 aliphatic carbocycles. The Morgan fingerprint density at radius 1 is 1.58 bits per heavy atom. The van der Waals surface area contributed by atoms with Crippen LogP contribution in [0.3, 0.4) is 0 Å². The Hall–Kier alpha value is -1.12. The van der Waals surface area contributed by atoms with E-state index in [2.05, 4.69) is 6.58 Å². The maximum absolute atomic E-state index is 10.7. The Balaban J connectivity index is 4.20. The second kappa shape index (κ2) is 4.04. The molecule has 0 saturated heterocycles. The van der Waals surface area contributed by atoms with Gasteiger partial charge in [0.15, 0.2) is 0 Å². The van der Waals surface area contributed by atoms with Crippen LogP contribution in [0.1, 0.15) is 20.8 Å². The van der Waals surface area contributed by atoms with Crippen LogP contribution in [0.2, 0.25) is 0 Å². The summed E-state index contributed by atoms with van der Waals surface area (Å²) in [5, 5.41) is 0. The number of hydrogen-bond acceptors (Lipinski definition) is 3. The second-order valence-electron chi connectivity index (χ2n) is 3.22. The van der Waals surface area contributed by atoms with Crippen LogP contribution in [0.5, 0.6) is 0 Å². The maximum atomic E-state index is 10.7. The summed E-state index contributed by atoms with van der Waals surface area (Å²) in [4.78, 5) is 21.2. The molecular formula is C9H14O3.